The van der Waals surface area contributed by atoms with E-state index < -0.39 is 134 Å². The van der Waals surface area contributed by atoms with E-state index in [4.69, 9.17) is 10.3 Å². The molecular formula is C26H21N5Na4O19S6. The van der Waals surface area contributed by atoms with Gasteiger partial charge in [0, 0.05) is 5.39 Å². The number of benzene rings is 4. The molecule has 4 aromatic rings. The Balaban J connectivity index is 0.00000870. The van der Waals surface area contributed by atoms with Crippen LogP contribution in [0.5, 0.6) is 5.75 Å². The van der Waals surface area contributed by atoms with Gasteiger partial charge in [-0.15, -0.1) is 15.3 Å². The van der Waals surface area contributed by atoms with E-state index in [-0.39, 0.29) is 134 Å². The average molecular weight is 992 g/mol. The van der Waals surface area contributed by atoms with Crippen molar-refractivity contribution >= 4 is 99.9 Å². The third-order valence-corrected chi connectivity index (χ3v) is 12.9. The largest absolute Gasteiger partial charge is 1.00 e. The van der Waals surface area contributed by atoms with Crippen molar-refractivity contribution in [2.24, 2.45) is 20.5 Å². The van der Waals surface area contributed by atoms with Crippen molar-refractivity contribution in [2.45, 2.75) is 19.6 Å². The molecule has 0 saturated heterocycles. The molecule has 0 aromatic heterocycles. The summed E-state index contributed by atoms with van der Waals surface area (Å²) in [4.78, 5) is -3.73. The summed E-state index contributed by atoms with van der Waals surface area (Å²) in [7, 11) is -30.0. The maximum atomic E-state index is 13.5. The maximum absolute atomic E-state index is 13.5. The first-order valence-corrected chi connectivity index (χ1v) is 23.1. The van der Waals surface area contributed by atoms with Gasteiger partial charge in [0.15, 0.2) is 19.7 Å². The summed E-state index contributed by atoms with van der Waals surface area (Å²) in [6.07, 6.45) is 0. The van der Waals surface area contributed by atoms with Crippen LogP contribution in [0.1, 0.15) is 0 Å². The number of hydrogen-bond donors (Lipinski definition) is 2. The van der Waals surface area contributed by atoms with E-state index in [2.05, 4.69) is 28.8 Å². The number of nitrogens with zero attached hydrogens (tertiary/aromatic N) is 4. The Morgan fingerprint density at radius 1 is 0.567 bits per heavy atom. The molecule has 0 aliphatic heterocycles. The molecule has 0 aliphatic rings. The number of anilines is 1. The number of fused-ring (bicyclic) bond motifs is 1. The van der Waals surface area contributed by atoms with Crippen LogP contribution in [0.3, 0.4) is 0 Å². The number of nitrogens with two attached hydrogens (primary N) is 1. The molecule has 0 unspecified atom stereocenters. The molecule has 60 heavy (non-hydrogen) atoms. The summed E-state index contributed by atoms with van der Waals surface area (Å²) in [6, 6.07) is 8.58. The fraction of sp³-hybridized carbons (Fsp3) is 0.154. The first-order chi connectivity index (χ1) is 25.6. The van der Waals surface area contributed by atoms with Gasteiger partial charge < -0.3 is 24.5 Å². The van der Waals surface area contributed by atoms with Gasteiger partial charge in [-0.2, -0.15) is 13.5 Å². The number of hydrogen-bond acceptors (Lipinski definition) is 23. The molecule has 24 nitrogen and oxygen atoms in total. The number of rotatable bonds is 16. The van der Waals surface area contributed by atoms with Crippen LogP contribution < -0.4 is 129 Å². The molecule has 0 bridgehead atoms. The summed E-state index contributed by atoms with van der Waals surface area (Å²) in [5.74, 6) is -3.24. The smallest absolute Gasteiger partial charge is 0.871 e. The van der Waals surface area contributed by atoms with Gasteiger partial charge >= 0.3 is 129 Å². The molecular weight excluding hydrogens is 971 g/mol. The van der Waals surface area contributed by atoms with Gasteiger partial charge in [-0.1, -0.05) is 11.8 Å². The van der Waals surface area contributed by atoms with Crippen molar-refractivity contribution in [1.82, 2.24) is 0 Å². The van der Waals surface area contributed by atoms with E-state index in [1.165, 1.54) is 0 Å². The van der Waals surface area contributed by atoms with Crippen molar-refractivity contribution in [3.05, 3.63) is 60.7 Å². The molecule has 0 aliphatic carbocycles. The summed E-state index contributed by atoms with van der Waals surface area (Å²) in [6.45, 7) is -2.06. The van der Waals surface area contributed by atoms with Crippen LogP contribution in [0.25, 0.3) is 10.8 Å². The van der Waals surface area contributed by atoms with E-state index in [1.54, 1.807) is 0 Å². The third kappa shape index (κ3) is 16.4. The van der Waals surface area contributed by atoms with Gasteiger partial charge in [0.25, 0.3) is 0 Å². The van der Waals surface area contributed by atoms with E-state index in [0.29, 0.717) is 18.2 Å². The minimum atomic E-state index is -5.56. The fourth-order valence-electron chi connectivity index (χ4n) is 4.44. The standard InChI is InChI=1S/C26H25N5O19S6.4Na/c27-20-7-6-18-19(24(20)30-29-21-8-5-17(13-22(21)53(37,38)39)52(35,36)12-10-50-56(46,47)48)14-23(54(40,41)42)25(26(18)32)31-28-15-1-3-16(4-2-15)51(33,34)11-9-49-55(43,44)45;;;;/h1-8,13-14,32H,9-12,27H2,(H,37,38,39)(H,40,41,42)(H,43,44,45)(H,46,47,48);;;;/q;4*+1/p-4. The minimum absolute atomic E-state index is 0. The minimum Gasteiger partial charge on any atom is -0.871 e. The number of sulfone groups is 2. The second-order valence-corrected chi connectivity index (χ2v) is 19.8. The Morgan fingerprint density at radius 2 is 1.07 bits per heavy atom. The van der Waals surface area contributed by atoms with Gasteiger partial charge in [0.1, 0.15) is 31.6 Å². The second kappa shape index (κ2) is 23.0. The Morgan fingerprint density at radius 3 is 1.58 bits per heavy atom. The van der Waals surface area contributed by atoms with Crippen molar-refractivity contribution in [2.75, 3.05) is 30.5 Å². The molecule has 4 aromatic carbocycles. The monoisotopic (exact) mass is 991 g/mol. The molecule has 0 saturated carbocycles. The Labute approximate surface area is 431 Å². The van der Waals surface area contributed by atoms with Crippen LogP contribution in [0.4, 0.5) is 28.4 Å². The quantitative estimate of drug-likeness (QED) is 0.0346. The SMILES string of the molecule is Nc1ccc2c([O-])c(N=Nc3ccc(S(=O)(=O)CCOS(=O)(=O)[O-])cc3)c(S(=O)(=O)[O-])cc2c1N=Nc1ccc(S(=O)(=O)CCOS(=O)(=O)O)cc1S(=O)(=O)[O-].[Na+].[Na+].[Na+].[Na+]. The summed E-state index contributed by atoms with van der Waals surface area (Å²) < 4.78 is 193. The number of nitrogen functional groups attached to an aromatic ring is 1. The van der Waals surface area contributed by atoms with Crippen molar-refractivity contribution < 1.29 is 200 Å². The molecule has 0 heterocycles. The molecule has 0 fully saturated rings. The second-order valence-electron chi connectivity index (χ2n) is 10.7. The summed E-state index contributed by atoms with van der Waals surface area (Å²) in [5.41, 5.74) is 3.07. The zero-order valence-corrected chi connectivity index (χ0v) is 44.1. The summed E-state index contributed by atoms with van der Waals surface area (Å²) in [5, 5.41) is 27.2. The van der Waals surface area contributed by atoms with Crippen LogP contribution >= 0.6 is 0 Å². The van der Waals surface area contributed by atoms with Crippen molar-refractivity contribution in [3.8, 4) is 5.75 Å². The Bertz CT molecular complexity index is 2980. The Hall–Kier alpha value is -0.600. The van der Waals surface area contributed by atoms with Gasteiger partial charge in [-0.3, -0.25) is 8.74 Å². The molecule has 4 rings (SSSR count). The van der Waals surface area contributed by atoms with Crippen LogP contribution in [-0.2, 0) is 69.1 Å². The van der Waals surface area contributed by atoms with E-state index in [1.807, 2.05) is 0 Å². The molecule has 34 heteroatoms. The normalized spacial score (nSPS) is 12.7. The van der Waals surface area contributed by atoms with E-state index >= 15 is 0 Å². The molecule has 0 spiro atoms. The van der Waals surface area contributed by atoms with Gasteiger partial charge in [-0.05, 0) is 60.0 Å². The topological polar surface area (TPSA) is 411 Å². The molecule has 0 radical (unpaired) electrons. The zero-order chi connectivity index (χ0) is 42.1. The van der Waals surface area contributed by atoms with Gasteiger partial charge in [0.2, 0.25) is 10.4 Å². The summed E-state index contributed by atoms with van der Waals surface area (Å²) >= 11 is 0. The third-order valence-electron chi connectivity index (χ3n) is 6.93. The average Bonchev–Trinajstić information content (AvgIpc) is 3.05. The molecule has 0 atom stereocenters. The van der Waals surface area contributed by atoms with Crippen LogP contribution in [-0.4, -0.2) is 93.4 Å². The van der Waals surface area contributed by atoms with Gasteiger partial charge in [-0.25, -0.2) is 46.3 Å². The Kier molecular flexibility index (Phi) is 22.8. The van der Waals surface area contributed by atoms with Crippen LogP contribution in [0.2, 0.25) is 0 Å². The fourth-order valence-corrected chi connectivity index (χ4v) is 8.77. The van der Waals surface area contributed by atoms with Crippen LogP contribution in [0, 0.1) is 0 Å². The van der Waals surface area contributed by atoms with E-state index in [9.17, 15) is 69.3 Å². The van der Waals surface area contributed by atoms with Crippen molar-refractivity contribution in [1.29, 1.82) is 0 Å². The van der Waals surface area contributed by atoms with Crippen LogP contribution in [0.15, 0.2) is 101 Å². The molecule has 0 amide bonds. The molecule has 304 valence electrons. The maximum Gasteiger partial charge on any atom is 1.00 e. The first-order valence-electron chi connectivity index (χ1n) is 14.3. The number of azo groups is 2. The zero-order valence-electron chi connectivity index (χ0n) is 31.2. The van der Waals surface area contributed by atoms with E-state index in [0.717, 1.165) is 42.5 Å². The first kappa shape index (κ1) is 59.4. The predicted octanol–water partition coefficient (Wildman–Crippen LogP) is -11.0. The van der Waals surface area contributed by atoms with Gasteiger partial charge in [0.05, 0.1) is 61.4 Å². The predicted molar refractivity (Wildman–Crippen MR) is 182 cm³/mol. The molecule has 3 N–H and O–H groups in total. The van der Waals surface area contributed by atoms with Crippen molar-refractivity contribution in [3.63, 3.8) is 0 Å².